The normalized spacial score (nSPS) is 16.2. The van der Waals surface area contributed by atoms with Gasteiger partial charge in [0.1, 0.15) is 5.69 Å². The highest BCUT2D eigenvalue weighted by atomic mass is 16.2. The van der Waals surface area contributed by atoms with Crippen LogP contribution in [0, 0.1) is 0 Å². The predicted molar refractivity (Wildman–Crippen MR) is 66.8 cm³/mol. The van der Waals surface area contributed by atoms with Crippen LogP contribution in [0.5, 0.6) is 0 Å². The number of nitrogens with zero attached hydrogens (tertiary/aromatic N) is 3. The minimum Gasteiger partial charge on any atom is -0.395 e. The van der Waals surface area contributed by atoms with Crippen LogP contribution >= 0.6 is 0 Å². The van der Waals surface area contributed by atoms with Crippen molar-refractivity contribution in [2.45, 2.75) is 32.6 Å². The van der Waals surface area contributed by atoms with Crippen LogP contribution in [0.15, 0.2) is 0 Å². The van der Waals surface area contributed by atoms with Crippen LogP contribution in [0.1, 0.15) is 42.4 Å². The van der Waals surface area contributed by atoms with Gasteiger partial charge in [-0.3, -0.25) is 9.48 Å². The molecule has 0 aliphatic carbocycles. The Kier molecular flexibility index (Phi) is 3.36. The molecule has 1 aliphatic heterocycles. The van der Waals surface area contributed by atoms with Crippen molar-refractivity contribution < 1.29 is 4.79 Å². The summed E-state index contributed by atoms with van der Waals surface area (Å²) in [6.45, 7) is 3.67. The lowest BCUT2D eigenvalue weighted by atomic mass is 10.1. The number of likely N-dealkylation sites (tertiary alicyclic amines) is 1. The summed E-state index contributed by atoms with van der Waals surface area (Å²) in [5.41, 5.74) is 7.90. The number of anilines is 1. The number of hydrogen-bond acceptors (Lipinski definition) is 3. The molecule has 0 bridgehead atoms. The number of carbonyl (C=O) groups is 1. The molecule has 94 valence electrons. The van der Waals surface area contributed by atoms with Gasteiger partial charge < -0.3 is 10.6 Å². The van der Waals surface area contributed by atoms with Gasteiger partial charge in [-0.15, -0.1) is 0 Å². The first-order valence-electron chi connectivity index (χ1n) is 6.25. The molecule has 0 unspecified atom stereocenters. The molecule has 17 heavy (non-hydrogen) atoms. The predicted octanol–water partition coefficient (Wildman–Crippen LogP) is 1.19. The summed E-state index contributed by atoms with van der Waals surface area (Å²) in [5, 5.41) is 4.29. The fraction of sp³-hybridized carbons (Fsp3) is 0.667. The van der Waals surface area contributed by atoms with Crippen LogP contribution in [-0.2, 0) is 13.5 Å². The minimum absolute atomic E-state index is 0.0249. The summed E-state index contributed by atoms with van der Waals surface area (Å²) in [6, 6.07) is 0. The van der Waals surface area contributed by atoms with Crippen LogP contribution in [0.25, 0.3) is 0 Å². The molecule has 2 heterocycles. The smallest absolute Gasteiger partial charge is 0.274 e. The zero-order valence-corrected chi connectivity index (χ0v) is 10.6. The van der Waals surface area contributed by atoms with E-state index in [2.05, 4.69) is 5.10 Å². The van der Waals surface area contributed by atoms with E-state index in [0.29, 0.717) is 11.4 Å². The summed E-state index contributed by atoms with van der Waals surface area (Å²) in [5.74, 6) is 0.0249. The van der Waals surface area contributed by atoms with Crippen molar-refractivity contribution in [3.05, 3.63) is 11.4 Å². The number of rotatable bonds is 2. The molecule has 1 aromatic heterocycles. The minimum atomic E-state index is 0.0249. The second-order valence-electron chi connectivity index (χ2n) is 4.54. The van der Waals surface area contributed by atoms with Gasteiger partial charge in [0.05, 0.1) is 11.4 Å². The summed E-state index contributed by atoms with van der Waals surface area (Å²) < 4.78 is 1.62. The lowest BCUT2D eigenvalue weighted by Crippen LogP contribution is -2.37. The fourth-order valence-corrected chi connectivity index (χ4v) is 2.36. The van der Waals surface area contributed by atoms with Gasteiger partial charge in [0.25, 0.3) is 5.91 Å². The Morgan fingerprint density at radius 3 is 2.53 bits per heavy atom. The third-order valence-corrected chi connectivity index (χ3v) is 3.34. The molecular weight excluding hydrogens is 216 g/mol. The SMILES string of the molecule is CCc1nn(C)c(C(=O)N2CCCCC2)c1N. The second-order valence-corrected chi connectivity index (χ2v) is 4.54. The maximum absolute atomic E-state index is 12.4. The number of aryl methyl sites for hydroxylation is 2. The molecular formula is C12H20N4O. The fourth-order valence-electron chi connectivity index (χ4n) is 2.36. The van der Waals surface area contributed by atoms with Gasteiger partial charge in [0.2, 0.25) is 0 Å². The van der Waals surface area contributed by atoms with Crippen molar-refractivity contribution >= 4 is 11.6 Å². The van der Waals surface area contributed by atoms with E-state index in [-0.39, 0.29) is 5.91 Å². The first-order chi connectivity index (χ1) is 8.15. The second kappa shape index (κ2) is 4.77. The van der Waals surface area contributed by atoms with Gasteiger partial charge in [-0.2, -0.15) is 5.10 Å². The van der Waals surface area contributed by atoms with Crippen molar-refractivity contribution in [2.75, 3.05) is 18.8 Å². The highest BCUT2D eigenvalue weighted by Gasteiger charge is 2.25. The van der Waals surface area contributed by atoms with Crippen LogP contribution in [0.4, 0.5) is 5.69 Å². The Labute approximate surface area is 102 Å². The maximum atomic E-state index is 12.4. The Hall–Kier alpha value is -1.52. The van der Waals surface area contributed by atoms with Crippen LogP contribution in [0.2, 0.25) is 0 Å². The largest absolute Gasteiger partial charge is 0.395 e. The summed E-state index contributed by atoms with van der Waals surface area (Å²) in [7, 11) is 1.78. The van der Waals surface area contributed by atoms with E-state index in [1.54, 1.807) is 11.7 Å². The molecule has 1 fully saturated rings. The number of amides is 1. The van der Waals surface area contributed by atoms with Gasteiger partial charge >= 0.3 is 0 Å². The molecule has 2 N–H and O–H groups in total. The lowest BCUT2D eigenvalue weighted by molar-refractivity contribution is 0.0714. The van der Waals surface area contributed by atoms with E-state index in [1.807, 2.05) is 11.8 Å². The van der Waals surface area contributed by atoms with E-state index in [4.69, 9.17) is 5.73 Å². The molecule has 0 atom stereocenters. The standard InChI is InChI=1S/C12H20N4O/c1-3-9-10(13)11(15(2)14-9)12(17)16-7-5-4-6-8-16/h3-8,13H2,1-2H3. The monoisotopic (exact) mass is 236 g/mol. The molecule has 0 radical (unpaired) electrons. The topological polar surface area (TPSA) is 64.2 Å². The van der Waals surface area contributed by atoms with E-state index in [1.165, 1.54) is 6.42 Å². The van der Waals surface area contributed by atoms with Gasteiger partial charge in [-0.1, -0.05) is 6.92 Å². The molecule has 0 aromatic carbocycles. The lowest BCUT2D eigenvalue weighted by Gasteiger charge is -2.26. The molecule has 5 nitrogen and oxygen atoms in total. The number of carbonyl (C=O) groups excluding carboxylic acids is 1. The van der Waals surface area contributed by atoms with E-state index < -0.39 is 0 Å². The molecule has 1 amide bonds. The van der Waals surface area contributed by atoms with Crippen LogP contribution in [-0.4, -0.2) is 33.7 Å². The van der Waals surface area contributed by atoms with E-state index >= 15 is 0 Å². The van der Waals surface area contributed by atoms with Crippen LogP contribution < -0.4 is 5.73 Å². The average molecular weight is 236 g/mol. The Balaban J connectivity index is 2.26. The van der Waals surface area contributed by atoms with Crippen molar-refractivity contribution in [3.63, 3.8) is 0 Å². The first-order valence-corrected chi connectivity index (χ1v) is 6.25. The first kappa shape index (κ1) is 12.0. The number of nitrogen functional groups attached to an aromatic ring is 1. The van der Waals surface area contributed by atoms with Crippen molar-refractivity contribution in [2.24, 2.45) is 7.05 Å². The highest BCUT2D eigenvalue weighted by molar-refractivity contribution is 5.98. The third-order valence-electron chi connectivity index (χ3n) is 3.34. The number of nitrogens with two attached hydrogens (primary N) is 1. The number of piperidine rings is 1. The number of aromatic nitrogens is 2. The number of hydrogen-bond donors (Lipinski definition) is 1. The van der Waals surface area contributed by atoms with Gasteiger partial charge in [-0.05, 0) is 25.7 Å². The molecule has 1 aromatic rings. The summed E-state index contributed by atoms with van der Waals surface area (Å²) in [6.07, 6.45) is 4.14. The molecule has 1 aliphatic rings. The molecule has 0 saturated carbocycles. The van der Waals surface area contributed by atoms with Gasteiger partial charge in [0.15, 0.2) is 0 Å². The zero-order chi connectivity index (χ0) is 12.4. The Morgan fingerprint density at radius 2 is 2.00 bits per heavy atom. The quantitative estimate of drug-likeness (QED) is 0.839. The Morgan fingerprint density at radius 1 is 1.35 bits per heavy atom. The highest BCUT2D eigenvalue weighted by Crippen LogP contribution is 2.20. The summed E-state index contributed by atoms with van der Waals surface area (Å²) >= 11 is 0. The maximum Gasteiger partial charge on any atom is 0.274 e. The molecule has 0 spiro atoms. The zero-order valence-electron chi connectivity index (χ0n) is 10.6. The molecule has 5 heteroatoms. The van der Waals surface area contributed by atoms with E-state index in [0.717, 1.165) is 38.0 Å². The summed E-state index contributed by atoms with van der Waals surface area (Å²) in [4.78, 5) is 14.2. The third kappa shape index (κ3) is 2.14. The molecule has 1 saturated heterocycles. The van der Waals surface area contributed by atoms with Crippen molar-refractivity contribution in [1.82, 2.24) is 14.7 Å². The van der Waals surface area contributed by atoms with Gasteiger partial charge in [-0.25, -0.2) is 0 Å². The van der Waals surface area contributed by atoms with Crippen molar-refractivity contribution in [3.8, 4) is 0 Å². The van der Waals surface area contributed by atoms with Crippen LogP contribution in [0.3, 0.4) is 0 Å². The Bertz CT molecular complexity index is 418. The van der Waals surface area contributed by atoms with Crippen molar-refractivity contribution in [1.29, 1.82) is 0 Å². The average Bonchev–Trinajstić information content (AvgIpc) is 2.64. The molecule has 2 rings (SSSR count). The van der Waals surface area contributed by atoms with E-state index in [9.17, 15) is 4.79 Å². The van der Waals surface area contributed by atoms with Gasteiger partial charge in [0, 0.05) is 20.1 Å².